The number of hydrogen-bond acceptors (Lipinski definition) is 6. The van der Waals surface area contributed by atoms with Crippen molar-refractivity contribution >= 4 is 17.6 Å². The lowest BCUT2D eigenvalue weighted by molar-refractivity contribution is -0.149. The van der Waals surface area contributed by atoms with Gasteiger partial charge in [0, 0.05) is 12.0 Å². The lowest BCUT2D eigenvalue weighted by Gasteiger charge is -2.31. The fourth-order valence-corrected chi connectivity index (χ4v) is 4.61. The highest BCUT2D eigenvalue weighted by molar-refractivity contribution is 6.05. The van der Waals surface area contributed by atoms with Gasteiger partial charge in [-0.15, -0.1) is 0 Å². The van der Waals surface area contributed by atoms with Gasteiger partial charge in [-0.1, -0.05) is 24.3 Å². The zero-order chi connectivity index (χ0) is 24.1. The van der Waals surface area contributed by atoms with E-state index in [9.17, 15) is 14.0 Å². The van der Waals surface area contributed by atoms with Gasteiger partial charge in [-0.2, -0.15) is 5.10 Å². The van der Waals surface area contributed by atoms with E-state index >= 15 is 0 Å². The Labute approximate surface area is 199 Å². The van der Waals surface area contributed by atoms with Crippen molar-refractivity contribution in [1.82, 2.24) is 9.91 Å². The predicted octanol–water partition coefficient (Wildman–Crippen LogP) is 3.79. The predicted molar refractivity (Wildman–Crippen MR) is 126 cm³/mol. The van der Waals surface area contributed by atoms with Crippen molar-refractivity contribution in [1.29, 1.82) is 0 Å². The summed E-state index contributed by atoms with van der Waals surface area (Å²) in [6.07, 6.45) is 1.78. The molecule has 1 atom stereocenters. The van der Waals surface area contributed by atoms with Crippen molar-refractivity contribution in [2.75, 3.05) is 33.4 Å². The average molecular weight is 468 g/mol. The maximum absolute atomic E-state index is 14.0. The Morgan fingerprint density at radius 2 is 1.88 bits per heavy atom. The number of rotatable bonds is 7. The number of methoxy groups -OCH3 is 1. The Hall–Kier alpha value is -3.26. The van der Waals surface area contributed by atoms with E-state index in [1.165, 1.54) is 17.1 Å². The van der Waals surface area contributed by atoms with E-state index in [0.717, 1.165) is 11.3 Å². The third-order valence-corrected chi connectivity index (χ3v) is 6.38. The van der Waals surface area contributed by atoms with Crippen LogP contribution in [0.25, 0.3) is 0 Å². The number of likely N-dealkylation sites (tertiary alicyclic amines) is 1. The molecule has 0 spiro atoms. The van der Waals surface area contributed by atoms with E-state index in [2.05, 4.69) is 5.10 Å². The first-order chi connectivity index (χ1) is 16.5. The van der Waals surface area contributed by atoms with Crippen LogP contribution in [0.3, 0.4) is 0 Å². The molecular weight excluding hydrogens is 437 g/mol. The molecule has 0 N–H and O–H groups in total. The second-order valence-electron chi connectivity index (χ2n) is 8.56. The van der Waals surface area contributed by atoms with E-state index in [4.69, 9.17) is 9.47 Å². The van der Waals surface area contributed by atoms with Gasteiger partial charge >= 0.3 is 5.97 Å². The molecule has 1 unspecified atom stereocenters. The number of para-hydroxylation sites is 1. The normalized spacial score (nSPS) is 19.1. The van der Waals surface area contributed by atoms with E-state index in [1.807, 2.05) is 35.2 Å². The highest BCUT2D eigenvalue weighted by Gasteiger charge is 2.35. The van der Waals surface area contributed by atoms with Crippen LogP contribution in [0.4, 0.5) is 4.39 Å². The van der Waals surface area contributed by atoms with Crippen molar-refractivity contribution in [3.63, 3.8) is 0 Å². The van der Waals surface area contributed by atoms with Gasteiger partial charge in [-0.3, -0.25) is 14.5 Å². The van der Waals surface area contributed by atoms with E-state index < -0.39 is 6.04 Å². The Bertz CT molecular complexity index is 1070. The molecule has 0 aromatic heterocycles. The molecule has 1 saturated heterocycles. The summed E-state index contributed by atoms with van der Waals surface area (Å²) in [5.74, 6) is -0.112. The first kappa shape index (κ1) is 23.9. The van der Waals surface area contributed by atoms with Crippen LogP contribution in [0.2, 0.25) is 0 Å². The number of halogens is 1. The van der Waals surface area contributed by atoms with E-state index in [-0.39, 0.29) is 30.2 Å². The lowest BCUT2D eigenvalue weighted by atomic mass is 9.96. The van der Waals surface area contributed by atoms with Crippen LogP contribution in [0.1, 0.15) is 43.4 Å². The Morgan fingerprint density at radius 3 is 2.59 bits per heavy atom. The number of nitrogens with zero attached hydrogens (tertiary/aromatic N) is 3. The fraction of sp³-hybridized carbons (Fsp3) is 0.423. The summed E-state index contributed by atoms with van der Waals surface area (Å²) in [4.78, 5) is 27.4. The zero-order valence-electron chi connectivity index (χ0n) is 19.6. The molecular formula is C26H30FN3O4. The Balaban J connectivity index is 1.52. The summed E-state index contributed by atoms with van der Waals surface area (Å²) >= 11 is 0. The highest BCUT2D eigenvalue weighted by atomic mass is 19.1. The molecule has 1 amide bonds. The van der Waals surface area contributed by atoms with Gasteiger partial charge in [0.25, 0.3) is 5.91 Å². The number of hydrogen-bond donors (Lipinski definition) is 0. The molecule has 0 radical (unpaired) electrons. The number of amides is 1. The molecule has 180 valence electrons. The van der Waals surface area contributed by atoms with Gasteiger partial charge in [-0.25, -0.2) is 9.40 Å². The first-order valence-corrected chi connectivity index (χ1v) is 11.7. The molecule has 34 heavy (non-hydrogen) atoms. The standard InChI is InChI=1S/C26H30FN3O4/c1-3-34-26(32)18-11-13-29(14-12-18)17-25(31)30-23(19-7-6-8-20(27)15-19)16-22(28-30)21-9-4-5-10-24(21)33-2/h4-10,15,18,23H,3,11-14,16-17H2,1-2H3. The number of benzene rings is 2. The Kier molecular flexibility index (Phi) is 7.57. The smallest absolute Gasteiger partial charge is 0.309 e. The van der Waals surface area contributed by atoms with Crippen molar-refractivity contribution in [3.8, 4) is 5.75 Å². The maximum Gasteiger partial charge on any atom is 0.309 e. The van der Waals surface area contributed by atoms with Crippen LogP contribution in [-0.2, 0) is 14.3 Å². The topological polar surface area (TPSA) is 71.4 Å². The molecule has 0 bridgehead atoms. The molecule has 2 aliphatic heterocycles. The number of carbonyl (C=O) groups excluding carboxylic acids is 2. The first-order valence-electron chi connectivity index (χ1n) is 11.7. The summed E-state index contributed by atoms with van der Waals surface area (Å²) in [6.45, 7) is 3.63. The van der Waals surface area contributed by atoms with E-state index in [1.54, 1.807) is 20.1 Å². The van der Waals surface area contributed by atoms with Crippen LogP contribution >= 0.6 is 0 Å². The highest BCUT2D eigenvalue weighted by Crippen LogP contribution is 2.35. The molecule has 4 rings (SSSR count). The summed E-state index contributed by atoms with van der Waals surface area (Å²) in [5.41, 5.74) is 2.24. The largest absolute Gasteiger partial charge is 0.496 e. The third-order valence-electron chi connectivity index (χ3n) is 6.38. The number of ether oxygens (including phenoxy) is 2. The molecule has 0 aliphatic carbocycles. The molecule has 2 heterocycles. The van der Waals surface area contributed by atoms with Gasteiger partial charge in [0.2, 0.25) is 0 Å². The van der Waals surface area contributed by atoms with Gasteiger partial charge < -0.3 is 9.47 Å². The van der Waals surface area contributed by atoms with Crippen molar-refractivity contribution in [3.05, 3.63) is 65.5 Å². The molecule has 1 fully saturated rings. The van der Waals surface area contributed by atoms with Crippen molar-refractivity contribution in [2.24, 2.45) is 11.0 Å². The molecule has 0 saturated carbocycles. The van der Waals surface area contributed by atoms with Crippen molar-refractivity contribution in [2.45, 2.75) is 32.2 Å². The van der Waals surface area contributed by atoms with Gasteiger partial charge in [0.1, 0.15) is 11.6 Å². The molecule has 2 aromatic carbocycles. The quantitative estimate of drug-likeness (QED) is 0.580. The average Bonchev–Trinajstić information content (AvgIpc) is 3.30. The zero-order valence-corrected chi connectivity index (χ0v) is 19.6. The number of esters is 1. The lowest BCUT2D eigenvalue weighted by Crippen LogP contribution is -2.43. The second-order valence-corrected chi connectivity index (χ2v) is 8.56. The molecule has 7 nitrogen and oxygen atoms in total. The fourth-order valence-electron chi connectivity index (χ4n) is 4.61. The number of hydrazone groups is 1. The monoisotopic (exact) mass is 467 g/mol. The summed E-state index contributed by atoms with van der Waals surface area (Å²) in [6, 6.07) is 13.5. The minimum atomic E-state index is -0.403. The van der Waals surface area contributed by atoms with Crippen LogP contribution in [0.15, 0.2) is 53.6 Å². The Morgan fingerprint density at radius 1 is 1.12 bits per heavy atom. The minimum Gasteiger partial charge on any atom is -0.496 e. The van der Waals surface area contributed by atoms with Crippen LogP contribution in [0.5, 0.6) is 5.75 Å². The van der Waals surface area contributed by atoms with Gasteiger partial charge in [0.15, 0.2) is 0 Å². The summed E-state index contributed by atoms with van der Waals surface area (Å²) in [5, 5.41) is 6.16. The molecule has 2 aliphatic rings. The van der Waals surface area contributed by atoms with Crippen LogP contribution in [0, 0.1) is 11.7 Å². The summed E-state index contributed by atoms with van der Waals surface area (Å²) < 4.78 is 24.6. The number of piperidine rings is 1. The second kappa shape index (κ2) is 10.8. The van der Waals surface area contributed by atoms with Crippen LogP contribution in [-0.4, -0.2) is 60.8 Å². The third kappa shape index (κ3) is 5.28. The van der Waals surface area contributed by atoms with Gasteiger partial charge in [0.05, 0.1) is 37.9 Å². The maximum atomic E-state index is 14.0. The van der Waals surface area contributed by atoms with Crippen molar-refractivity contribution < 1.29 is 23.5 Å². The summed E-state index contributed by atoms with van der Waals surface area (Å²) in [7, 11) is 1.60. The molecule has 8 heteroatoms. The number of carbonyl (C=O) groups is 2. The minimum absolute atomic E-state index is 0.117. The molecule has 2 aromatic rings. The van der Waals surface area contributed by atoms with Gasteiger partial charge in [-0.05, 0) is 62.7 Å². The van der Waals surface area contributed by atoms with Crippen LogP contribution < -0.4 is 4.74 Å². The SMILES string of the molecule is CCOC(=O)C1CCN(CC(=O)N2N=C(c3ccccc3OC)CC2c2cccc(F)c2)CC1. The van der Waals surface area contributed by atoms with E-state index in [0.29, 0.717) is 50.3 Å².